The lowest BCUT2D eigenvalue weighted by Crippen LogP contribution is -2.10. The van der Waals surface area contributed by atoms with E-state index < -0.39 is 0 Å². The number of nitrogens with zero attached hydrogens (tertiary/aromatic N) is 2. The Labute approximate surface area is 112 Å². The molecule has 2 rings (SSSR count). The van der Waals surface area contributed by atoms with Crippen LogP contribution in [0.2, 0.25) is 0 Å². The van der Waals surface area contributed by atoms with Gasteiger partial charge in [-0.15, -0.1) is 0 Å². The van der Waals surface area contributed by atoms with Crippen LogP contribution in [0, 0.1) is 5.92 Å². The zero-order chi connectivity index (χ0) is 13.7. The summed E-state index contributed by atoms with van der Waals surface area (Å²) in [5.74, 6) is 1.39. The zero-order valence-corrected chi connectivity index (χ0v) is 11.1. The predicted octanol–water partition coefficient (Wildman–Crippen LogP) is 2.03. The molecule has 0 aliphatic heterocycles. The first-order valence-electron chi connectivity index (χ1n) is 6.57. The number of anilines is 2. The summed E-state index contributed by atoms with van der Waals surface area (Å²) >= 11 is 0. The van der Waals surface area contributed by atoms with Gasteiger partial charge in [0.1, 0.15) is 0 Å². The molecule has 0 aliphatic carbocycles. The molecule has 5 heteroatoms. The number of rotatable bonds is 6. The van der Waals surface area contributed by atoms with Crippen molar-refractivity contribution < 1.29 is 5.11 Å². The van der Waals surface area contributed by atoms with Crippen LogP contribution >= 0.6 is 0 Å². The van der Waals surface area contributed by atoms with Crippen molar-refractivity contribution in [1.29, 1.82) is 0 Å². The second-order valence-electron chi connectivity index (χ2n) is 4.80. The normalized spacial score (nSPS) is 12.5. The van der Waals surface area contributed by atoms with Crippen molar-refractivity contribution in [3.63, 3.8) is 0 Å². The molecule has 4 N–H and O–H groups in total. The minimum Gasteiger partial charge on any atom is -0.396 e. The van der Waals surface area contributed by atoms with E-state index in [1.54, 1.807) is 0 Å². The average Bonchev–Trinajstić information content (AvgIpc) is 2.43. The van der Waals surface area contributed by atoms with Gasteiger partial charge in [-0.25, -0.2) is 9.97 Å². The summed E-state index contributed by atoms with van der Waals surface area (Å²) in [6.45, 7) is 3.05. The van der Waals surface area contributed by atoms with E-state index in [9.17, 15) is 0 Å². The lowest BCUT2D eigenvalue weighted by Gasteiger charge is -2.10. The van der Waals surface area contributed by atoms with E-state index >= 15 is 0 Å². The Morgan fingerprint density at radius 2 is 1.95 bits per heavy atom. The molecule has 0 saturated carbocycles. The average molecular weight is 260 g/mol. The number of benzene rings is 1. The van der Waals surface area contributed by atoms with Crippen LogP contribution in [0.4, 0.5) is 11.6 Å². The second kappa shape index (κ2) is 6.33. The molecule has 0 fully saturated rings. The number of nitrogens with one attached hydrogen (secondary N) is 1. The van der Waals surface area contributed by atoms with Crippen LogP contribution < -0.4 is 11.1 Å². The third kappa shape index (κ3) is 3.54. The minimum atomic E-state index is 0.234. The van der Waals surface area contributed by atoms with E-state index in [0.29, 0.717) is 17.6 Å². The SMILES string of the molecule is CC(CO)CCCNc1nc2ccccc2nc1N. The maximum Gasteiger partial charge on any atom is 0.169 e. The predicted molar refractivity (Wildman–Crippen MR) is 77.9 cm³/mol. The molecule has 1 unspecified atom stereocenters. The summed E-state index contributed by atoms with van der Waals surface area (Å²) in [5.41, 5.74) is 7.52. The van der Waals surface area contributed by atoms with Crippen molar-refractivity contribution in [1.82, 2.24) is 9.97 Å². The van der Waals surface area contributed by atoms with Crippen molar-refractivity contribution in [3.8, 4) is 0 Å². The number of hydrogen-bond donors (Lipinski definition) is 3. The largest absolute Gasteiger partial charge is 0.396 e. The van der Waals surface area contributed by atoms with Crippen LogP contribution in [0.15, 0.2) is 24.3 Å². The molecule has 0 saturated heterocycles. The topological polar surface area (TPSA) is 84.1 Å². The van der Waals surface area contributed by atoms with Crippen LogP contribution in [0.3, 0.4) is 0 Å². The molecule has 0 radical (unpaired) electrons. The van der Waals surface area contributed by atoms with Gasteiger partial charge >= 0.3 is 0 Å². The summed E-state index contributed by atoms with van der Waals surface area (Å²) in [6.07, 6.45) is 1.94. The quantitative estimate of drug-likeness (QED) is 0.692. The highest BCUT2D eigenvalue weighted by Crippen LogP contribution is 2.18. The third-order valence-corrected chi connectivity index (χ3v) is 3.08. The summed E-state index contributed by atoms with van der Waals surface area (Å²) in [7, 11) is 0. The summed E-state index contributed by atoms with van der Waals surface area (Å²) < 4.78 is 0. The number of aromatic nitrogens is 2. The minimum absolute atomic E-state index is 0.234. The van der Waals surface area contributed by atoms with Crippen molar-refractivity contribution in [3.05, 3.63) is 24.3 Å². The van der Waals surface area contributed by atoms with Gasteiger partial charge in [-0.1, -0.05) is 19.1 Å². The highest BCUT2D eigenvalue weighted by molar-refractivity contribution is 5.79. The molecule has 1 heterocycles. The van der Waals surface area contributed by atoms with Gasteiger partial charge in [-0.05, 0) is 30.9 Å². The van der Waals surface area contributed by atoms with Crippen molar-refractivity contribution in [2.45, 2.75) is 19.8 Å². The molecule has 0 spiro atoms. The Hall–Kier alpha value is -1.88. The van der Waals surface area contributed by atoms with Crippen molar-refractivity contribution in [2.24, 2.45) is 5.92 Å². The van der Waals surface area contributed by atoms with Gasteiger partial charge in [0.15, 0.2) is 11.6 Å². The van der Waals surface area contributed by atoms with Crippen LogP contribution in [0.25, 0.3) is 11.0 Å². The highest BCUT2D eigenvalue weighted by atomic mass is 16.3. The lowest BCUT2D eigenvalue weighted by molar-refractivity contribution is 0.229. The van der Waals surface area contributed by atoms with Crippen LogP contribution in [-0.2, 0) is 0 Å². The number of nitrogen functional groups attached to an aromatic ring is 1. The summed E-state index contributed by atoms with van der Waals surface area (Å²) in [4.78, 5) is 8.78. The van der Waals surface area contributed by atoms with Gasteiger partial charge in [-0.2, -0.15) is 0 Å². The second-order valence-corrected chi connectivity index (χ2v) is 4.80. The van der Waals surface area contributed by atoms with Crippen molar-refractivity contribution in [2.75, 3.05) is 24.2 Å². The van der Waals surface area contributed by atoms with Crippen LogP contribution in [-0.4, -0.2) is 28.2 Å². The first kappa shape index (κ1) is 13.5. The first-order chi connectivity index (χ1) is 9.20. The first-order valence-corrected chi connectivity index (χ1v) is 6.57. The van der Waals surface area contributed by atoms with Gasteiger partial charge < -0.3 is 16.2 Å². The Balaban J connectivity index is 1.98. The third-order valence-electron chi connectivity index (χ3n) is 3.08. The highest BCUT2D eigenvalue weighted by Gasteiger charge is 2.05. The van der Waals surface area contributed by atoms with E-state index in [4.69, 9.17) is 10.8 Å². The maximum atomic E-state index is 8.95. The Morgan fingerprint density at radius 1 is 1.26 bits per heavy atom. The lowest BCUT2D eigenvalue weighted by atomic mass is 10.1. The van der Waals surface area contributed by atoms with E-state index in [0.717, 1.165) is 30.4 Å². The Morgan fingerprint density at radius 3 is 2.63 bits per heavy atom. The molecule has 19 heavy (non-hydrogen) atoms. The van der Waals surface area contributed by atoms with Gasteiger partial charge in [0.05, 0.1) is 11.0 Å². The monoisotopic (exact) mass is 260 g/mol. The van der Waals surface area contributed by atoms with E-state index in [2.05, 4.69) is 15.3 Å². The molecule has 0 amide bonds. The number of aliphatic hydroxyl groups is 1. The van der Waals surface area contributed by atoms with E-state index in [-0.39, 0.29) is 6.61 Å². The standard InChI is InChI=1S/C14H20N4O/c1-10(9-19)5-4-8-16-14-13(15)17-11-6-2-3-7-12(11)18-14/h2-3,6-7,10,19H,4-5,8-9H2,1H3,(H2,15,17)(H,16,18). The molecule has 5 nitrogen and oxygen atoms in total. The summed E-state index contributed by atoms with van der Waals surface area (Å²) in [5, 5.41) is 12.2. The van der Waals surface area contributed by atoms with Crippen molar-refractivity contribution >= 4 is 22.7 Å². The van der Waals surface area contributed by atoms with Gasteiger partial charge in [0.2, 0.25) is 0 Å². The Kier molecular flexibility index (Phi) is 4.52. The van der Waals surface area contributed by atoms with E-state index in [1.807, 2.05) is 31.2 Å². The number of hydrogen-bond acceptors (Lipinski definition) is 5. The van der Waals surface area contributed by atoms with Gasteiger partial charge in [-0.3, -0.25) is 0 Å². The fourth-order valence-corrected chi connectivity index (χ4v) is 1.89. The molecule has 0 aliphatic rings. The number of aliphatic hydroxyl groups excluding tert-OH is 1. The van der Waals surface area contributed by atoms with Gasteiger partial charge in [0, 0.05) is 13.2 Å². The fourth-order valence-electron chi connectivity index (χ4n) is 1.89. The molecule has 1 atom stereocenters. The summed E-state index contributed by atoms with van der Waals surface area (Å²) in [6, 6.07) is 7.66. The molecule has 1 aromatic carbocycles. The molecular weight excluding hydrogens is 240 g/mol. The fraction of sp³-hybridized carbons (Fsp3) is 0.429. The molecule has 0 bridgehead atoms. The molecule has 102 valence electrons. The Bertz CT molecular complexity index is 544. The zero-order valence-electron chi connectivity index (χ0n) is 11.1. The smallest absolute Gasteiger partial charge is 0.169 e. The van der Waals surface area contributed by atoms with Crippen LogP contribution in [0.5, 0.6) is 0 Å². The van der Waals surface area contributed by atoms with E-state index in [1.165, 1.54) is 0 Å². The molecule has 1 aromatic heterocycles. The number of nitrogens with two attached hydrogens (primary N) is 1. The maximum absolute atomic E-state index is 8.95. The van der Waals surface area contributed by atoms with Crippen LogP contribution in [0.1, 0.15) is 19.8 Å². The molecular formula is C14H20N4O. The number of para-hydroxylation sites is 2. The molecule has 2 aromatic rings. The van der Waals surface area contributed by atoms with Gasteiger partial charge in [0.25, 0.3) is 0 Å². The number of fused-ring (bicyclic) bond motifs is 1.